The molecule has 3 heterocycles. The Kier molecular flexibility index (Phi) is 6.22. The van der Waals surface area contributed by atoms with E-state index < -0.39 is 42.6 Å². The van der Waals surface area contributed by atoms with Crippen molar-refractivity contribution in [2.45, 2.75) is 61.3 Å². The van der Waals surface area contributed by atoms with Gasteiger partial charge in [-0.1, -0.05) is 6.42 Å². The number of ketones is 1. The van der Waals surface area contributed by atoms with Crippen LogP contribution in [0.2, 0.25) is 0 Å². The van der Waals surface area contributed by atoms with Crippen LogP contribution in [0.25, 0.3) is 0 Å². The van der Waals surface area contributed by atoms with Crippen molar-refractivity contribution >= 4 is 35.5 Å². The highest BCUT2D eigenvalue weighted by Gasteiger charge is 2.46. The summed E-state index contributed by atoms with van der Waals surface area (Å²) in [5.41, 5.74) is 0. The number of hydrogen-bond acceptors (Lipinski definition) is 9. The molecule has 11 heteroatoms. The van der Waals surface area contributed by atoms with E-state index in [-0.39, 0.29) is 24.5 Å². The van der Waals surface area contributed by atoms with Gasteiger partial charge in [0.2, 0.25) is 11.9 Å². The third kappa shape index (κ3) is 4.53. The van der Waals surface area contributed by atoms with Gasteiger partial charge in [-0.25, -0.2) is 9.59 Å². The molecule has 27 heavy (non-hydrogen) atoms. The van der Waals surface area contributed by atoms with Crippen molar-refractivity contribution in [1.82, 2.24) is 10.6 Å². The lowest BCUT2D eigenvalue weighted by molar-refractivity contribution is -0.156. The molecule has 3 aliphatic heterocycles. The number of amides is 2. The Bertz CT molecular complexity index is 630. The lowest BCUT2D eigenvalue weighted by Gasteiger charge is -2.17. The van der Waals surface area contributed by atoms with E-state index in [1.54, 1.807) is 11.8 Å². The van der Waals surface area contributed by atoms with Gasteiger partial charge in [-0.15, -0.1) is 0 Å². The Labute approximate surface area is 159 Å². The Morgan fingerprint density at radius 3 is 2.78 bits per heavy atom. The molecule has 3 saturated heterocycles. The molecule has 3 aliphatic rings. The van der Waals surface area contributed by atoms with Gasteiger partial charge in [-0.3, -0.25) is 9.59 Å². The third-order valence-electron chi connectivity index (χ3n) is 4.84. The molecule has 10 nitrogen and oxygen atoms in total. The van der Waals surface area contributed by atoms with E-state index in [0.29, 0.717) is 11.7 Å². The van der Waals surface area contributed by atoms with Gasteiger partial charge >= 0.3 is 18.0 Å². The lowest BCUT2D eigenvalue weighted by Crippen LogP contribution is -2.38. The van der Waals surface area contributed by atoms with Crippen LogP contribution in [0, 0.1) is 0 Å². The van der Waals surface area contributed by atoms with E-state index in [4.69, 9.17) is 4.74 Å². The predicted molar refractivity (Wildman–Crippen MR) is 91.8 cm³/mol. The second-order valence-corrected chi connectivity index (χ2v) is 8.05. The molecule has 0 saturated carbocycles. The minimum atomic E-state index is -1.90. The van der Waals surface area contributed by atoms with Gasteiger partial charge in [-0.05, 0) is 12.8 Å². The standard InChI is InChI=1S/C16H22N2O8S/c19-8(14-12(21)13(22)15(23)26-14)5-25-10(20)4-2-1-3-9-11-7(6-27-9)17-16(24)18-11/h7-9,11,13-14,19,22H,1-6H2,(H2,17,18,24)/t7-,8+,9-,11-,13?,14+/m0/s1. The van der Waals surface area contributed by atoms with Gasteiger partial charge in [0.25, 0.3) is 0 Å². The minimum Gasteiger partial charge on any atom is -0.463 e. The number of ether oxygens (including phenoxy) is 2. The molecule has 3 fully saturated rings. The third-order valence-corrected chi connectivity index (χ3v) is 6.35. The lowest BCUT2D eigenvalue weighted by atomic mass is 10.0. The number of aliphatic hydroxyl groups excluding tert-OH is 2. The van der Waals surface area contributed by atoms with Gasteiger partial charge in [0.05, 0.1) is 12.1 Å². The number of unbranched alkanes of at least 4 members (excludes halogenated alkanes) is 1. The number of nitrogens with one attached hydrogen (secondary N) is 2. The summed E-state index contributed by atoms with van der Waals surface area (Å²) in [4.78, 5) is 45.6. The first-order valence-corrected chi connectivity index (χ1v) is 9.86. The molecule has 0 radical (unpaired) electrons. The van der Waals surface area contributed by atoms with Gasteiger partial charge in [-0.2, -0.15) is 11.8 Å². The van der Waals surface area contributed by atoms with Crippen LogP contribution < -0.4 is 10.6 Å². The molecule has 2 amide bonds. The van der Waals surface area contributed by atoms with Crippen molar-refractivity contribution in [3.05, 3.63) is 0 Å². The molecule has 0 spiro atoms. The number of carbonyl (C=O) groups excluding carboxylic acids is 4. The first-order valence-electron chi connectivity index (χ1n) is 8.81. The maximum Gasteiger partial charge on any atom is 0.343 e. The van der Waals surface area contributed by atoms with Crippen molar-refractivity contribution < 1.29 is 38.9 Å². The second kappa shape index (κ2) is 8.44. The summed E-state index contributed by atoms with van der Waals surface area (Å²) in [6.07, 6.45) is -2.50. The molecule has 4 N–H and O–H groups in total. The first-order chi connectivity index (χ1) is 12.9. The van der Waals surface area contributed by atoms with E-state index in [0.717, 1.165) is 18.6 Å². The number of fused-ring (bicyclic) bond motifs is 1. The molecular weight excluding hydrogens is 380 g/mol. The van der Waals surface area contributed by atoms with Crippen LogP contribution in [0.15, 0.2) is 0 Å². The van der Waals surface area contributed by atoms with Crippen molar-refractivity contribution in [3.8, 4) is 0 Å². The maximum atomic E-state index is 11.7. The SMILES string of the molecule is O=C1N[C@H]2[C@H](CS[C@H]2CCCCC(=O)OC[C@@H](O)[C@H]2OC(=O)C(O)C2=O)N1. The van der Waals surface area contributed by atoms with Crippen molar-refractivity contribution in [2.75, 3.05) is 12.4 Å². The van der Waals surface area contributed by atoms with Crippen LogP contribution in [0.5, 0.6) is 0 Å². The average molecular weight is 402 g/mol. The zero-order chi connectivity index (χ0) is 19.6. The summed E-state index contributed by atoms with van der Waals surface area (Å²) in [7, 11) is 0. The van der Waals surface area contributed by atoms with Crippen LogP contribution in [0.3, 0.4) is 0 Å². The number of rotatable bonds is 8. The summed E-state index contributed by atoms with van der Waals surface area (Å²) < 4.78 is 9.46. The topological polar surface area (TPSA) is 151 Å². The fraction of sp³-hybridized carbons (Fsp3) is 0.750. The molecule has 0 aliphatic carbocycles. The number of cyclic esters (lactones) is 1. The molecule has 0 aromatic heterocycles. The fourth-order valence-corrected chi connectivity index (χ4v) is 4.93. The molecule has 6 atom stereocenters. The summed E-state index contributed by atoms with van der Waals surface area (Å²) in [5, 5.41) is 25.1. The number of hydrogen-bond donors (Lipinski definition) is 4. The predicted octanol–water partition coefficient (Wildman–Crippen LogP) is -1.53. The number of esters is 2. The molecular formula is C16H22N2O8S. The van der Waals surface area contributed by atoms with Crippen LogP contribution in [0.1, 0.15) is 25.7 Å². The number of Topliss-reactive ketones (excluding diaryl/α,β-unsaturated/α-hetero) is 1. The number of carbonyl (C=O) groups is 4. The van der Waals surface area contributed by atoms with Crippen molar-refractivity contribution in [2.24, 2.45) is 0 Å². The summed E-state index contributed by atoms with van der Waals surface area (Å²) in [6, 6.07) is 0.174. The second-order valence-electron chi connectivity index (χ2n) is 6.78. The number of urea groups is 1. The van der Waals surface area contributed by atoms with Gasteiger partial charge in [0.15, 0.2) is 6.10 Å². The fourth-order valence-electron chi connectivity index (χ4n) is 3.38. The largest absolute Gasteiger partial charge is 0.463 e. The van der Waals surface area contributed by atoms with E-state index in [1.807, 2.05) is 0 Å². The quantitative estimate of drug-likeness (QED) is 0.164. The Balaban J connectivity index is 1.29. The zero-order valence-corrected chi connectivity index (χ0v) is 15.3. The molecule has 0 aromatic carbocycles. The van der Waals surface area contributed by atoms with Crippen LogP contribution in [-0.4, -0.2) is 82.0 Å². The number of thioether (sulfide) groups is 1. The summed E-state index contributed by atoms with van der Waals surface area (Å²) in [5.74, 6) is -1.70. The molecule has 150 valence electrons. The van der Waals surface area contributed by atoms with E-state index >= 15 is 0 Å². The highest BCUT2D eigenvalue weighted by Crippen LogP contribution is 2.33. The summed E-state index contributed by atoms with van der Waals surface area (Å²) in [6.45, 7) is -0.491. The normalized spacial score (nSPS) is 33.3. The highest BCUT2D eigenvalue weighted by molar-refractivity contribution is 8.00. The first kappa shape index (κ1) is 19.9. The van der Waals surface area contributed by atoms with E-state index in [1.165, 1.54) is 0 Å². The monoisotopic (exact) mass is 402 g/mol. The van der Waals surface area contributed by atoms with Crippen LogP contribution >= 0.6 is 11.8 Å². The van der Waals surface area contributed by atoms with E-state index in [9.17, 15) is 29.4 Å². The highest BCUT2D eigenvalue weighted by atomic mass is 32.2. The molecule has 0 aromatic rings. The van der Waals surface area contributed by atoms with Crippen molar-refractivity contribution in [3.63, 3.8) is 0 Å². The van der Waals surface area contributed by atoms with Gasteiger partial charge in [0.1, 0.15) is 12.7 Å². The number of aliphatic hydroxyl groups is 2. The van der Waals surface area contributed by atoms with Crippen LogP contribution in [-0.2, 0) is 23.9 Å². The smallest absolute Gasteiger partial charge is 0.343 e. The van der Waals surface area contributed by atoms with Crippen molar-refractivity contribution in [1.29, 1.82) is 0 Å². The van der Waals surface area contributed by atoms with E-state index in [2.05, 4.69) is 15.4 Å². The average Bonchev–Trinajstić information content (AvgIpc) is 3.26. The van der Waals surface area contributed by atoms with Crippen LogP contribution in [0.4, 0.5) is 4.79 Å². The molecule has 3 rings (SSSR count). The Morgan fingerprint density at radius 2 is 2.07 bits per heavy atom. The molecule has 0 bridgehead atoms. The molecule has 1 unspecified atom stereocenters. The maximum absolute atomic E-state index is 11.7. The van der Waals surface area contributed by atoms with Gasteiger partial charge in [0, 0.05) is 17.4 Å². The Hall–Kier alpha value is -1.85. The zero-order valence-electron chi connectivity index (χ0n) is 14.5. The Morgan fingerprint density at radius 1 is 1.30 bits per heavy atom. The van der Waals surface area contributed by atoms with Gasteiger partial charge < -0.3 is 30.3 Å². The minimum absolute atomic E-state index is 0.128. The summed E-state index contributed by atoms with van der Waals surface area (Å²) >= 11 is 1.80.